The van der Waals surface area contributed by atoms with E-state index in [2.05, 4.69) is 4.98 Å². The predicted octanol–water partition coefficient (Wildman–Crippen LogP) is 4.04. The Morgan fingerprint density at radius 3 is 1.79 bits per heavy atom. The van der Waals surface area contributed by atoms with Crippen LogP contribution in [0.15, 0.2) is 10.9 Å². The van der Waals surface area contributed by atoms with Crippen LogP contribution in [-0.4, -0.2) is 12.1 Å². The highest BCUT2D eigenvalue weighted by Gasteiger charge is 2.29. The molecule has 1 heterocycles. The first-order valence-corrected chi connectivity index (χ1v) is 6.84. The number of H-pyrrole nitrogens is 1. The minimum Gasteiger partial charge on any atom is -0.491 e. The maximum atomic E-state index is 14.0. The number of benzene rings is 1. The van der Waals surface area contributed by atoms with Crippen LogP contribution in [0.4, 0.5) is 22.0 Å². The molecule has 1 aromatic heterocycles. The molecule has 2 rings (SSSR count). The number of aromatic amines is 1. The predicted molar refractivity (Wildman–Crippen MR) is 77.5 cm³/mol. The van der Waals surface area contributed by atoms with E-state index < -0.39 is 51.2 Å². The largest absolute Gasteiger partial charge is 0.491 e. The average Bonchev–Trinajstić information content (AvgIpc) is 2.50. The number of aromatic nitrogens is 1. The minimum absolute atomic E-state index is 0.102. The van der Waals surface area contributed by atoms with Crippen molar-refractivity contribution in [2.75, 3.05) is 7.11 Å². The van der Waals surface area contributed by atoms with Gasteiger partial charge in [-0.3, -0.25) is 4.79 Å². The summed E-state index contributed by atoms with van der Waals surface area (Å²) in [5.74, 6) is -10.6. The molecule has 0 aliphatic carbocycles. The molecule has 1 N–H and O–H groups in total. The second-order valence-electron chi connectivity index (χ2n) is 6.15. The molecule has 0 unspecified atom stereocenters. The lowest BCUT2D eigenvalue weighted by Gasteiger charge is -2.22. The molecule has 130 valence electrons. The molecule has 8 heteroatoms. The second-order valence-corrected chi connectivity index (χ2v) is 6.15. The molecule has 0 aliphatic rings. The van der Waals surface area contributed by atoms with Crippen LogP contribution < -0.4 is 10.2 Å². The normalized spacial score (nSPS) is 11.7. The van der Waals surface area contributed by atoms with Crippen molar-refractivity contribution in [3.63, 3.8) is 0 Å². The Morgan fingerprint density at radius 2 is 1.38 bits per heavy atom. The Kier molecular flexibility index (Phi) is 4.43. The fourth-order valence-corrected chi connectivity index (χ4v) is 2.25. The Balaban J connectivity index is 2.90. The summed E-state index contributed by atoms with van der Waals surface area (Å²) in [6.07, 6.45) is 0. The van der Waals surface area contributed by atoms with Crippen molar-refractivity contribution in [3.8, 4) is 17.0 Å². The third-order valence-electron chi connectivity index (χ3n) is 3.42. The summed E-state index contributed by atoms with van der Waals surface area (Å²) >= 11 is 0. The van der Waals surface area contributed by atoms with E-state index in [9.17, 15) is 26.7 Å². The van der Waals surface area contributed by atoms with Crippen molar-refractivity contribution in [1.29, 1.82) is 0 Å². The highest BCUT2D eigenvalue weighted by Crippen LogP contribution is 2.33. The van der Waals surface area contributed by atoms with Crippen LogP contribution in [0.3, 0.4) is 0 Å². The van der Waals surface area contributed by atoms with Crippen molar-refractivity contribution < 1.29 is 26.7 Å². The number of nitrogens with one attached hydrogen (secondary N) is 1. The minimum atomic E-state index is -2.26. The zero-order valence-corrected chi connectivity index (χ0v) is 13.3. The molecule has 0 bridgehead atoms. The number of halogens is 5. The molecule has 0 aliphatic heterocycles. The maximum Gasteiger partial charge on any atom is 0.224 e. The SMILES string of the molecule is COc1c(C(C)(C)C)[nH]c(-c2c(F)c(F)c(F)c(F)c2F)cc1=O. The standard InChI is InChI=1S/C16H14F5NO2/c1-16(2,3)15-14(24-4)7(23)5-6(22-15)8-9(17)11(19)13(21)12(20)10(8)18/h5H,1-4H3,(H,22,23). The van der Waals surface area contributed by atoms with Crippen LogP contribution >= 0.6 is 0 Å². The summed E-state index contributed by atoms with van der Waals surface area (Å²) in [4.78, 5) is 14.7. The summed E-state index contributed by atoms with van der Waals surface area (Å²) in [6.45, 7) is 5.05. The van der Waals surface area contributed by atoms with Crippen LogP contribution in [0.1, 0.15) is 26.5 Å². The first kappa shape index (κ1) is 18.0. The van der Waals surface area contributed by atoms with E-state index in [4.69, 9.17) is 4.74 Å². The van der Waals surface area contributed by atoms with Gasteiger partial charge in [-0.2, -0.15) is 0 Å². The molecular weight excluding hydrogens is 333 g/mol. The van der Waals surface area contributed by atoms with Crippen LogP contribution in [0, 0.1) is 29.1 Å². The van der Waals surface area contributed by atoms with Gasteiger partial charge in [-0.05, 0) is 0 Å². The monoisotopic (exact) mass is 347 g/mol. The Labute approximate surface area is 134 Å². The number of hydrogen-bond acceptors (Lipinski definition) is 2. The van der Waals surface area contributed by atoms with Crippen molar-refractivity contribution in [2.45, 2.75) is 26.2 Å². The smallest absolute Gasteiger partial charge is 0.224 e. The van der Waals surface area contributed by atoms with Crippen molar-refractivity contribution in [1.82, 2.24) is 4.98 Å². The first-order valence-electron chi connectivity index (χ1n) is 6.84. The van der Waals surface area contributed by atoms with Gasteiger partial charge in [-0.1, -0.05) is 20.8 Å². The van der Waals surface area contributed by atoms with Gasteiger partial charge in [0.05, 0.1) is 24.1 Å². The first-order chi connectivity index (χ1) is 11.0. The van der Waals surface area contributed by atoms with Crippen molar-refractivity contribution in [3.05, 3.63) is 51.1 Å². The number of hydrogen-bond donors (Lipinski definition) is 1. The number of methoxy groups -OCH3 is 1. The summed E-state index contributed by atoms with van der Waals surface area (Å²) in [5.41, 5.74) is -3.03. The van der Waals surface area contributed by atoms with Gasteiger partial charge in [0.2, 0.25) is 11.2 Å². The fourth-order valence-electron chi connectivity index (χ4n) is 2.25. The maximum absolute atomic E-state index is 14.0. The third kappa shape index (κ3) is 2.76. The van der Waals surface area contributed by atoms with E-state index in [0.717, 1.165) is 6.07 Å². The van der Waals surface area contributed by atoms with Crippen molar-refractivity contribution >= 4 is 0 Å². The lowest BCUT2D eigenvalue weighted by Crippen LogP contribution is -2.21. The van der Waals surface area contributed by atoms with Gasteiger partial charge in [-0.25, -0.2) is 22.0 Å². The van der Waals surface area contributed by atoms with E-state index in [1.165, 1.54) is 7.11 Å². The molecule has 0 atom stereocenters. The second kappa shape index (κ2) is 5.92. The molecule has 0 saturated heterocycles. The van der Waals surface area contributed by atoms with E-state index in [-0.39, 0.29) is 11.4 Å². The zero-order valence-electron chi connectivity index (χ0n) is 13.3. The van der Waals surface area contributed by atoms with Crippen molar-refractivity contribution in [2.24, 2.45) is 0 Å². The lowest BCUT2D eigenvalue weighted by molar-refractivity contribution is 0.380. The van der Waals surface area contributed by atoms with E-state index in [0.29, 0.717) is 0 Å². The summed E-state index contributed by atoms with van der Waals surface area (Å²) in [5, 5.41) is 0. The van der Waals surface area contributed by atoms with Gasteiger partial charge in [-0.15, -0.1) is 0 Å². The molecule has 1 aromatic carbocycles. The Hall–Kier alpha value is -2.38. The molecule has 3 nitrogen and oxygen atoms in total. The van der Waals surface area contributed by atoms with Gasteiger partial charge in [0.1, 0.15) is 0 Å². The summed E-state index contributed by atoms with van der Waals surface area (Å²) in [6, 6.07) is 0.729. The molecule has 0 radical (unpaired) electrons. The average molecular weight is 347 g/mol. The lowest BCUT2D eigenvalue weighted by atomic mass is 9.90. The topological polar surface area (TPSA) is 42.1 Å². The molecule has 2 aromatic rings. The van der Waals surface area contributed by atoms with Gasteiger partial charge in [0.25, 0.3) is 0 Å². The molecular formula is C16H14F5NO2. The summed E-state index contributed by atoms with van der Waals surface area (Å²) < 4.78 is 72.8. The van der Waals surface area contributed by atoms with Crippen LogP contribution in [0.2, 0.25) is 0 Å². The number of ether oxygens (including phenoxy) is 1. The van der Waals surface area contributed by atoms with E-state index in [1.807, 2.05) is 0 Å². The van der Waals surface area contributed by atoms with Gasteiger partial charge in [0.15, 0.2) is 29.0 Å². The van der Waals surface area contributed by atoms with Gasteiger partial charge < -0.3 is 9.72 Å². The highest BCUT2D eigenvalue weighted by molar-refractivity contribution is 5.63. The van der Waals surface area contributed by atoms with Gasteiger partial charge in [0, 0.05) is 11.5 Å². The number of pyridine rings is 1. The molecule has 24 heavy (non-hydrogen) atoms. The van der Waals surface area contributed by atoms with Gasteiger partial charge >= 0.3 is 0 Å². The molecule has 0 saturated carbocycles. The molecule has 0 amide bonds. The molecule has 0 spiro atoms. The van der Waals surface area contributed by atoms with Crippen LogP contribution in [0.25, 0.3) is 11.3 Å². The Bertz CT molecular complexity index is 839. The summed E-state index contributed by atoms with van der Waals surface area (Å²) in [7, 11) is 1.23. The van der Waals surface area contributed by atoms with Crippen LogP contribution in [0.5, 0.6) is 5.75 Å². The quantitative estimate of drug-likeness (QED) is 0.506. The van der Waals surface area contributed by atoms with E-state index >= 15 is 0 Å². The highest BCUT2D eigenvalue weighted by atomic mass is 19.2. The number of rotatable bonds is 2. The fraction of sp³-hybridized carbons (Fsp3) is 0.312. The van der Waals surface area contributed by atoms with Crippen LogP contribution in [-0.2, 0) is 5.41 Å². The Morgan fingerprint density at radius 1 is 0.917 bits per heavy atom. The zero-order chi connectivity index (χ0) is 18.4. The third-order valence-corrected chi connectivity index (χ3v) is 3.42. The molecule has 0 fully saturated rings. The van der Waals surface area contributed by atoms with E-state index in [1.54, 1.807) is 20.8 Å².